The molecule has 0 spiro atoms. The van der Waals surface area contributed by atoms with Gasteiger partial charge in [-0.1, -0.05) is 20.8 Å². The quantitative estimate of drug-likeness (QED) is 0.654. The van der Waals surface area contributed by atoms with E-state index in [0.717, 1.165) is 12.0 Å². The molecule has 0 rings (SSSR count). The van der Waals surface area contributed by atoms with Crippen molar-refractivity contribution in [2.45, 2.75) is 34.1 Å². The van der Waals surface area contributed by atoms with Crippen LogP contribution in [-0.4, -0.2) is 12.5 Å². The number of hydrogen-bond acceptors (Lipinski definition) is 2. The molecule has 0 aromatic carbocycles. The Balaban J connectivity index is 4.55. The molecule has 0 amide bonds. The van der Waals surface area contributed by atoms with Crippen LogP contribution >= 0.6 is 0 Å². The van der Waals surface area contributed by atoms with E-state index >= 15 is 0 Å². The summed E-state index contributed by atoms with van der Waals surface area (Å²) in [5.74, 6) is 2.23. The average Bonchev–Trinajstić information content (AvgIpc) is 1.96. The number of hydrogen-bond donors (Lipinski definition) is 1. The molecule has 0 saturated heterocycles. The molecule has 2 heteroatoms. The van der Waals surface area contributed by atoms with E-state index in [9.17, 15) is 4.79 Å². The molecular formula is C10H19NO. The highest BCUT2D eigenvalue weighted by Gasteiger charge is 2.25. The largest absolute Gasteiger partial charge is 0.330 e. The van der Waals surface area contributed by atoms with Crippen molar-refractivity contribution >= 4 is 5.94 Å². The molecule has 0 aliphatic carbocycles. The molecule has 0 aliphatic heterocycles. The Labute approximate surface area is 74.8 Å². The summed E-state index contributed by atoms with van der Waals surface area (Å²) in [6.45, 7) is 8.82. The van der Waals surface area contributed by atoms with Crippen molar-refractivity contribution in [3.05, 3.63) is 5.57 Å². The molecule has 0 heterocycles. The first kappa shape index (κ1) is 11.4. The van der Waals surface area contributed by atoms with Gasteiger partial charge in [0.2, 0.25) is 0 Å². The van der Waals surface area contributed by atoms with Crippen LogP contribution in [0, 0.1) is 11.3 Å². The normalized spacial score (nSPS) is 13.8. The molecular weight excluding hydrogens is 150 g/mol. The summed E-state index contributed by atoms with van der Waals surface area (Å²) >= 11 is 0. The SMILES string of the molecule is CC(=C=O)C(CCN)C(C)(C)C. The fourth-order valence-corrected chi connectivity index (χ4v) is 1.54. The first-order valence-electron chi connectivity index (χ1n) is 4.35. The highest BCUT2D eigenvalue weighted by atomic mass is 16.1. The molecule has 0 aromatic rings. The topological polar surface area (TPSA) is 43.1 Å². The standard InChI is InChI=1S/C10H19NO/c1-8(7-12)9(5-6-11)10(2,3)4/h9H,5-6,11H2,1-4H3. The monoisotopic (exact) mass is 169 g/mol. The first-order chi connectivity index (χ1) is 5.43. The van der Waals surface area contributed by atoms with E-state index in [4.69, 9.17) is 5.73 Å². The van der Waals surface area contributed by atoms with Gasteiger partial charge in [0, 0.05) is 5.57 Å². The van der Waals surface area contributed by atoms with Crippen LogP contribution in [0.2, 0.25) is 0 Å². The summed E-state index contributed by atoms with van der Waals surface area (Å²) in [6, 6.07) is 0. The molecule has 0 aromatic heterocycles. The molecule has 1 atom stereocenters. The maximum Gasteiger partial charge on any atom is 0.123 e. The van der Waals surface area contributed by atoms with Crippen LogP contribution in [0.5, 0.6) is 0 Å². The number of nitrogens with two attached hydrogens (primary N) is 1. The van der Waals surface area contributed by atoms with Gasteiger partial charge in [-0.2, -0.15) is 0 Å². The highest BCUT2D eigenvalue weighted by Crippen LogP contribution is 2.32. The van der Waals surface area contributed by atoms with Crippen LogP contribution in [0.25, 0.3) is 0 Å². The van der Waals surface area contributed by atoms with Gasteiger partial charge in [0.05, 0.1) is 0 Å². The lowest BCUT2D eigenvalue weighted by Gasteiger charge is -2.29. The van der Waals surface area contributed by atoms with E-state index in [1.165, 1.54) is 0 Å². The van der Waals surface area contributed by atoms with Gasteiger partial charge < -0.3 is 5.73 Å². The summed E-state index contributed by atoms with van der Waals surface area (Å²) in [4.78, 5) is 10.5. The molecule has 2 nitrogen and oxygen atoms in total. The van der Waals surface area contributed by atoms with Crippen molar-refractivity contribution in [2.24, 2.45) is 17.1 Å². The Morgan fingerprint density at radius 2 is 2.00 bits per heavy atom. The minimum atomic E-state index is 0.112. The zero-order valence-corrected chi connectivity index (χ0v) is 8.48. The Morgan fingerprint density at radius 3 is 2.25 bits per heavy atom. The highest BCUT2D eigenvalue weighted by molar-refractivity contribution is 5.52. The lowest BCUT2D eigenvalue weighted by Crippen LogP contribution is -2.24. The van der Waals surface area contributed by atoms with E-state index in [-0.39, 0.29) is 11.3 Å². The minimum Gasteiger partial charge on any atom is -0.330 e. The Bertz CT molecular complexity index is 185. The molecule has 0 fully saturated rings. The zero-order valence-electron chi connectivity index (χ0n) is 8.48. The van der Waals surface area contributed by atoms with Gasteiger partial charge in [0.15, 0.2) is 0 Å². The minimum absolute atomic E-state index is 0.112. The Morgan fingerprint density at radius 1 is 1.50 bits per heavy atom. The molecule has 0 aliphatic rings. The number of allylic oxidation sites excluding steroid dienone is 1. The van der Waals surface area contributed by atoms with Crippen LogP contribution in [0.1, 0.15) is 34.1 Å². The third-order valence-electron chi connectivity index (χ3n) is 2.18. The third kappa shape index (κ3) is 3.21. The van der Waals surface area contributed by atoms with E-state index in [2.05, 4.69) is 20.8 Å². The van der Waals surface area contributed by atoms with Gasteiger partial charge in [-0.15, -0.1) is 0 Å². The second-order valence-corrected chi connectivity index (χ2v) is 4.28. The lowest BCUT2D eigenvalue weighted by atomic mass is 9.75. The van der Waals surface area contributed by atoms with Crippen molar-refractivity contribution in [3.8, 4) is 0 Å². The lowest BCUT2D eigenvalue weighted by molar-refractivity contribution is 0.268. The number of carbonyl (C=O) groups excluding carboxylic acids is 1. The van der Waals surface area contributed by atoms with Gasteiger partial charge in [0.25, 0.3) is 0 Å². The zero-order chi connectivity index (χ0) is 9.78. The van der Waals surface area contributed by atoms with Crippen molar-refractivity contribution in [1.29, 1.82) is 0 Å². The smallest absolute Gasteiger partial charge is 0.123 e. The van der Waals surface area contributed by atoms with Crippen LogP contribution in [-0.2, 0) is 4.79 Å². The summed E-state index contributed by atoms with van der Waals surface area (Å²) < 4.78 is 0. The maximum atomic E-state index is 10.5. The van der Waals surface area contributed by atoms with Crippen molar-refractivity contribution in [3.63, 3.8) is 0 Å². The van der Waals surface area contributed by atoms with Gasteiger partial charge >= 0.3 is 0 Å². The van der Waals surface area contributed by atoms with Crippen LogP contribution in [0.3, 0.4) is 0 Å². The predicted molar refractivity (Wildman–Crippen MR) is 51.5 cm³/mol. The van der Waals surface area contributed by atoms with Gasteiger partial charge in [-0.3, -0.25) is 0 Å². The fourth-order valence-electron chi connectivity index (χ4n) is 1.54. The summed E-state index contributed by atoms with van der Waals surface area (Å²) in [5, 5.41) is 0. The average molecular weight is 169 g/mol. The van der Waals surface area contributed by atoms with Crippen molar-refractivity contribution < 1.29 is 4.79 Å². The Kier molecular flexibility index (Phi) is 4.22. The fraction of sp³-hybridized carbons (Fsp3) is 0.800. The molecule has 0 saturated carbocycles. The van der Waals surface area contributed by atoms with Crippen molar-refractivity contribution in [2.75, 3.05) is 6.54 Å². The van der Waals surface area contributed by atoms with Crippen LogP contribution < -0.4 is 5.73 Å². The molecule has 12 heavy (non-hydrogen) atoms. The van der Waals surface area contributed by atoms with Crippen LogP contribution in [0.4, 0.5) is 0 Å². The van der Waals surface area contributed by atoms with Gasteiger partial charge in [-0.25, -0.2) is 4.79 Å². The predicted octanol–water partition coefficient (Wildman–Crippen LogP) is 1.78. The molecule has 2 N–H and O–H groups in total. The third-order valence-corrected chi connectivity index (χ3v) is 2.18. The second-order valence-electron chi connectivity index (χ2n) is 4.28. The Hall–Kier alpha value is -0.590. The first-order valence-corrected chi connectivity index (χ1v) is 4.35. The summed E-state index contributed by atoms with van der Waals surface area (Å²) in [5.41, 5.74) is 6.37. The molecule has 0 radical (unpaired) electrons. The van der Waals surface area contributed by atoms with Gasteiger partial charge in [-0.05, 0) is 31.2 Å². The van der Waals surface area contributed by atoms with E-state index in [1.807, 2.05) is 12.9 Å². The van der Waals surface area contributed by atoms with E-state index in [0.29, 0.717) is 6.54 Å². The molecule has 70 valence electrons. The van der Waals surface area contributed by atoms with Gasteiger partial charge in [0.1, 0.15) is 5.94 Å². The van der Waals surface area contributed by atoms with E-state index < -0.39 is 0 Å². The van der Waals surface area contributed by atoms with Crippen LogP contribution in [0.15, 0.2) is 5.57 Å². The summed E-state index contributed by atoms with van der Waals surface area (Å²) in [7, 11) is 0. The maximum absolute atomic E-state index is 10.5. The summed E-state index contributed by atoms with van der Waals surface area (Å²) in [6.07, 6.45) is 0.866. The molecule has 0 bridgehead atoms. The molecule has 1 unspecified atom stereocenters. The second kappa shape index (κ2) is 4.44. The van der Waals surface area contributed by atoms with Crippen molar-refractivity contribution in [1.82, 2.24) is 0 Å². The number of rotatable bonds is 3. The van der Waals surface area contributed by atoms with E-state index in [1.54, 1.807) is 0 Å².